The highest BCUT2D eigenvalue weighted by Crippen LogP contribution is 2.43. The normalized spacial score (nSPS) is 20.7. The van der Waals surface area contributed by atoms with Crippen molar-refractivity contribution in [1.82, 2.24) is 14.8 Å². The van der Waals surface area contributed by atoms with Crippen molar-refractivity contribution in [3.63, 3.8) is 0 Å². The maximum atomic E-state index is 13.2. The van der Waals surface area contributed by atoms with Crippen molar-refractivity contribution < 1.29 is 9.53 Å². The van der Waals surface area contributed by atoms with Crippen molar-refractivity contribution in [3.8, 4) is 11.3 Å². The number of halogens is 1. The van der Waals surface area contributed by atoms with Crippen molar-refractivity contribution in [2.75, 3.05) is 6.61 Å². The number of carbonyl (C=O) groups is 1. The minimum absolute atomic E-state index is 0.00359. The molecule has 0 spiro atoms. The summed E-state index contributed by atoms with van der Waals surface area (Å²) < 4.78 is 6.61. The molecule has 0 N–H and O–H groups in total. The van der Waals surface area contributed by atoms with Gasteiger partial charge in [-0.3, -0.25) is 9.78 Å². The molecule has 1 aromatic carbocycles. The van der Waals surface area contributed by atoms with Crippen molar-refractivity contribution in [1.29, 1.82) is 0 Å². The lowest BCUT2D eigenvalue weighted by atomic mass is 9.69. The molecule has 2 aromatic heterocycles. The van der Waals surface area contributed by atoms with Gasteiger partial charge in [-0.2, -0.15) is 5.10 Å². The zero-order valence-corrected chi connectivity index (χ0v) is 19.0. The van der Waals surface area contributed by atoms with E-state index in [1.54, 1.807) is 25.4 Å². The third-order valence-electron chi connectivity index (χ3n) is 6.31. The summed E-state index contributed by atoms with van der Waals surface area (Å²) in [7, 11) is 0. The molecule has 0 radical (unpaired) electrons. The van der Waals surface area contributed by atoms with Gasteiger partial charge in [-0.05, 0) is 73.9 Å². The first-order valence-corrected chi connectivity index (χ1v) is 11.3. The number of nitrogens with zero attached hydrogens (tertiary/aromatic N) is 3. The van der Waals surface area contributed by atoms with Gasteiger partial charge in [-0.1, -0.05) is 30.7 Å². The van der Waals surface area contributed by atoms with Crippen molar-refractivity contribution in [2.24, 2.45) is 0 Å². The lowest BCUT2D eigenvalue weighted by Crippen LogP contribution is -2.37. The summed E-state index contributed by atoms with van der Waals surface area (Å²) >= 11 is 6.22. The number of hydrogen-bond acceptors (Lipinski definition) is 5. The van der Waals surface area contributed by atoms with Gasteiger partial charge >= 0.3 is 5.97 Å². The van der Waals surface area contributed by atoms with Gasteiger partial charge in [0.1, 0.15) is 5.56 Å². The molecule has 2 heterocycles. The molecule has 0 amide bonds. The number of benzene rings is 1. The molecule has 7 heteroatoms. The largest absolute Gasteiger partial charge is 0.462 e. The van der Waals surface area contributed by atoms with Crippen LogP contribution in [-0.4, -0.2) is 27.3 Å². The Morgan fingerprint density at radius 2 is 2.00 bits per heavy atom. The zero-order valence-electron chi connectivity index (χ0n) is 18.3. The van der Waals surface area contributed by atoms with E-state index in [2.05, 4.69) is 23.1 Å². The van der Waals surface area contributed by atoms with Crippen LogP contribution in [0.4, 0.5) is 0 Å². The SMILES string of the molecule is CCOC(=O)c1cc(-c2cccnc2)nn(C2CCC(C)(c3cccc(Cl)c3)CC2)c1=O. The predicted molar refractivity (Wildman–Crippen MR) is 124 cm³/mol. The van der Waals surface area contributed by atoms with Crippen molar-refractivity contribution >= 4 is 17.6 Å². The van der Waals surface area contributed by atoms with E-state index in [4.69, 9.17) is 16.3 Å². The molecular formula is C25H26ClN3O3. The fourth-order valence-corrected chi connectivity index (χ4v) is 4.60. The van der Waals surface area contributed by atoms with E-state index in [9.17, 15) is 9.59 Å². The Labute approximate surface area is 192 Å². The topological polar surface area (TPSA) is 74.1 Å². The second-order valence-corrected chi connectivity index (χ2v) is 8.89. The first-order valence-electron chi connectivity index (χ1n) is 10.9. The standard InChI is InChI=1S/C25H26ClN3O3/c1-3-32-24(31)21-15-22(17-6-5-13-27-16-17)28-29(23(21)30)20-9-11-25(2,12-10-20)18-7-4-8-19(26)14-18/h4-8,13-16,20H,3,9-12H2,1-2H3. The molecule has 0 atom stereocenters. The van der Waals surface area contributed by atoms with E-state index >= 15 is 0 Å². The molecule has 1 saturated carbocycles. The summed E-state index contributed by atoms with van der Waals surface area (Å²) in [6.45, 7) is 4.16. The minimum Gasteiger partial charge on any atom is -0.462 e. The lowest BCUT2D eigenvalue weighted by Gasteiger charge is -2.38. The maximum Gasteiger partial charge on any atom is 0.343 e. The zero-order chi connectivity index (χ0) is 22.7. The molecule has 166 valence electrons. The van der Waals surface area contributed by atoms with Crippen LogP contribution in [0.3, 0.4) is 0 Å². The number of carbonyl (C=O) groups excluding carboxylic acids is 1. The van der Waals surface area contributed by atoms with Gasteiger partial charge in [-0.25, -0.2) is 9.48 Å². The molecule has 32 heavy (non-hydrogen) atoms. The quantitative estimate of drug-likeness (QED) is 0.498. The highest BCUT2D eigenvalue weighted by molar-refractivity contribution is 6.30. The molecule has 4 rings (SSSR count). The summed E-state index contributed by atoms with van der Waals surface area (Å²) in [5, 5.41) is 5.37. The molecule has 0 aliphatic heterocycles. The van der Waals surface area contributed by atoms with Crippen molar-refractivity contribution in [3.05, 3.63) is 81.4 Å². The minimum atomic E-state index is -0.627. The van der Waals surface area contributed by atoms with E-state index in [0.717, 1.165) is 36.3 Å². The second kappa shape index (κ2) is 9.25. The fraction of sp³-hybridized carbons (Fsp3) is 0.360. The molecule has 0 bridgehead atoms. The van der Waals surface area contributed by atoms with Gasteiger partial charge in [0, 0.05) is 23.0 Å². The average Bonchev–Trinajstić information content (AvgIpc) is 2.81. The Morgan fingerprint density at radius 3 is 2.66 bits per heavy atom. The highest BCUT2D eigenvalue weighted by Gasteiger charge is 2.35. The van der Waals surface area contributed by atoms with Gasteiger partial charge in [-0.15, -0.1) is 0 Å². The summed E-state index contributed by atoms with van der Waals surface area (Å²) in [5.74, 6) is -0.627. The molecule has 1 fully saturated rings. The summed E-state index contributed by atoms with van der Waals surface area (Å²) in [5.41, 5.74) is 2.06. The first kappa shape index (κ1) is 22.2. The predicted octanol–water partition coefficient (Wildman–Crippen LogP) is 5.21. The van der Waals surface area contributed by atoms with Gasteiger partial charge in [0.05, 0.1) is 18.3 Å². The van der Waals surface area contributed by atoms with Gasteiger partial charge < -0.3 is 4.74 Å². The van der Waals surface area contributed by atoms with Crippen molar-refractivity contribution in [2.45, 2.75) is 51.0 Å². The van der Waals surface area contributed by atoms with Crippen LogP contribution < -0.4 is 5.56 Å². The van der Waals surface area contributed by atoms with Crippen LogP contribution in [0, 0.1) is 0 Å². The van der Waals surface area contributed by atoms with Crippen LogP contribution >= 0.6 is 11.6 Å². The van der Waals surface area contributed by atoms with Crippen LogP contribution in [0.2, 0.25) is 5.02 Å². The van der Waals surface area contributed by atoms with E-state index in [1.165, 1.54) is 16.3 Å². The number of esters is 1. The van der Waals surface area contributed by atoms with Gasteiger partial charge in [0.15, 0.2) is 0 Å². The average molecular weight is 452 g/mol. The number of pyridine rings is 1. The van der Waals surface area contributed by atoms with E-state index in [1.807, 2.05) is 24.3 Å². The van der Waals surface area contributed by atoms with Crippen LogP contribution in [0.1, 0.15) is 61.5 Å². The lowest BCUT2D eigenvalue weighted by molar-refractivity contribution is 0.0522. The smallest absolute Gasteiger partial charge is 0.343 e. The van der Waals surface area contributed by atoms with Crippen LogP contribution in [0.5, 0.6) is 0 Å². The van der Waals surface area contributed by atoms with E-state index in [0.29, 0.717) is 5.69 Å². The highest BCUT2D eigenvalue weighted by atomic mass is 35.5. The number of ether oxygens (including phenoxy) is 1. The maximum absolute atomic E-state index is 13.2. The Balaban J connectivity index is 1.68. The third kappa shape index (κ3) is 4.46. The molecule has 0 unspecified atom stereocenters. The molecular weight excluding hydrogens is 426 g/mol. The monoisotopic (exact) mass is 451 g/mol. The first-order chi connectivity index (χ1) is 15.4. The summed E-state index contributed by atoms with van der Waals surface area (Å²) in [6.07, 6.45) is 6.66. The molecule has 1 aliphatic carbocycles. The van der Waals surface area contributed by atoms with Crippen LogP contribution in [-0.2, 0) is 10.2 Å². The van der Waals surface area contributed by atoms with Gasteiger partial charge in [0.2, 0.25) is 0 Å². The Morgan fingerprint density at radius 1 is 1.22 bits per heavy atom. The molecule has 3 aromatic rings. The Hall–Kier alpha value is -2.99. The molecule has 1 aliphatic rings. The number of rotatable bonds is 5. The summed E-state index contributed by atoms with van der Waals surface area (Å²) in [6, 6.07) is 13.1. The number of hydrogen-bond donors (Lipinski definition) is 0. The van der Waals surface area contributed by atoms with Crippen LogP contribution in [0.25, 0.3) is 11.3 Å². The van der Waals surface area contributed by atoms with Crippen LogP contribution in [0.15, 0.2) is 59.7 Å². The molecule has 0 saturated heterocycles. The van der Waals surface area contributed by atoms with Gasteiger partial charge in [0.25, 0.3) is 5.56 Å². The second-order valence-electron chi connectivity index (χ2n) is 8.46. The Bertz CT molecular complexity index is 1170. The van der Waals surface area contributed by atoms with E-state index < -0.39 is 11.5 Å². The molecule has 6 nitrogen and oxygen atoms in total. The number of aromatic nitrogens is 3. The van der Waals surface area contributed by atoms with E-state index in [-0.39, 0.29) is 23.6 Å². The fourth-order valence-electron chi connectivity index (χ4n) is 4.41. The Kier molecular flexibility index (Phi) is 6.42. The summed E-state index contributed by atoms with van der Waals surface area (Å²) in [4.78, 5) is 29.9. The third-order valence-corrected chi connectivity index (χ3v) is 6.55.